The Morgan fingerprint density at radius 2 is 1.86 bits per heavy atom. The van der Waals surface area contributed by atoms with Crippen LogP contribution in [0.5, 0.6) is 11.8 Å². The van der Waals surface area contributed by atoms with Gasteiger partial charge in [0.1, 0.15) is 6.04 Å². The third-order valence-electron chi connectivity index (χ3n) is 3.67. The van der Waals surface area contributed by atoms with E-state index in [-0.39, 0.29) is 18.2 Å². The lowest BCUT2D eigenvalue weighted by molar-refractivity contribution is -0.138. The molecule has 7 heteroatoms. The van der Waals surface area contributed by atoms with Gasteiger partial charge in [-0.1, -0.05) is 0 Å². The molecule has 0 radical (unpaired) electrons. The van der Waals surface area contributed by atoms with E-state index in [9.17, 15) is 4.79 Å². The molecule has 2 rings (SSSR count). The minimum Gasteiger partial charge on any atom is -0.480 e. The van der Waals surface area contributed by atoms with Gasteiger partial charge in [0.15, 0.2) is 0 Å². The van der Waals surface area contributed by atoms with Crippen LogP contribution in [-0.4, -0.2) is 41.3 Å². The highest BCUT2D eigenvalue weighted by Gasteiger charge is 2.20. The largest absolute Gasteiger partial charge is 0.480 e. The molecule has 1 heterocycles. The van der Waals surface area contributed by atoms with Crippen LogP contribution in [0.4, 0.5) is 0 Å². The van der Waals surface area contributed by atoms with Gasteiger partial charge >= 0.3 is 5.97 Å². The van der Waals surface area contributed by atoms with Gasteiger partial charge in [-0.2, -0.15) is 0 Å². The Balaban J connectivity index is 2.71. The lowest BCUT2D eigenvalue weighted by Gasteiger charge is -2.15. The number of hydrogen-bond donors (Lipinski definition) is 2. The first-order valence-corrected chi connectivity index (χ1v) is 6.76. The number of rotatable bonds is 5. The number of nitrogens with zero attached hydrogens (tertiary/aromatic N) is 2. The lowest BCUT2D eigenvalue weighted by atomic mass is 9.96. The maximum absolute atomic E-state index is 11.1. The second kappa shape index (κ2) is 6.15. The molecule has 0 aliphatic carbocycles. The second-order valence-corrected chi connectivity index (χ2v) is 5.06. The first-order valence-electron chi connectivity index (χ1n) is 6.76. The minimum absolute atomic E-state index is 0.170. The number of nitrogens with two attached hydrogens (primary N) is 1. The van der Waals surface area contributed by atoms with E-state index in [1.165, 1.54) is 14.2 Å². The van der Waals surface area contributed by atoms with Gasteiger partial charge in [0, 0.05) is 6.42 Å². The van der Waals surface area contributed by atoms with Crippen molar-refractivity contribution in [3.63, 3.8) is 0 Å². The quantitative estimate of drug-likeness (QED) is 0.855. The van der Waals surface area contributed by atoms with E-state index in [0.717, 1.165) is 16.7 Å². The summed E-state index contributed by atoms with van der Waals surface area (Å²) in [6.45, 7) is 3.85. The van der Waals surface area contributed by atoms with Crippen LogP contribution in [0.25, 0.3) is 11.0 Å². The van der Waals surface area contributed by atoms with E-state index >= 15 is 0 Å². The van der Waals surface area contributed by atoms with E-state index in [4.69, 9.17) is 20.3 Å². The van der Waals surface area contributed by atoms with Crippen molar-refractivity contribution in [2.45, 2.75) is 26.3 Å². The summed E-state index contributed by atoms with van der Waals surface area (Å²) in [6.07, 6.45) is 0.170. The fraction of sp³-hybridized carbons (Fsp3) is 0.400. The average Bonchev–Trinajstić information content (AvgIpc) is 2.50. The summed E-state index contributed by atoms with van der Waals surface area (Å²) >= 11 is 0. The Morgan fingerprint density at radius 3 is 2.41 bits per heavy atom. The molecule has 1 aromatic heterocycles. The van der Waals surface area contributed by atoms with E-state index in [2.05, 4.69) is 9.97 Å². The van der Waals surface area contributed by atoms with Gasteiger partial charge < -0.3 is 20.3 Å². The van der Waals surface area contributed by atoms with Crippen molar-refractivity contribution in [1.82, 2.24) is 9.97 Å². The monoisotopic (exact) mass is 305 g/mol. The van der Waals surface area contributed by atoms with Gasteiger partial charge in [-0.05, 0) is 36.6 Å². The molecule has 1 unspecified atom stereocenters. The van der Waals surface area contributed by atoms with Crippen LogP contribution in [0.1, 0.15) is 16.7 Å². The molecule has 2 aromatic rings. The Bertz CT molecular complexity index is 731. The van der Waals surface area contributed by atoms with Crippen molar-refractivity contribution in [3.8, 4) is 11.8 Å². The minimum atomic E-state index is -1.05. The van der Waals surface area contributed by atoms with Crippen LogP contribution in [0.15, 0.2) is 6.07 Å². The molecule has 1 aromatic carbocycles. The normalized spacial score (nSPS) is 12.2. The van der Waals surface area contributed by atoms with Crippen LogP contribution in [0, 0.1) is 13.8 Å². The number of aryl methyl sites for hydroxylation is 1. The van der Waals surface area contributed by atoms with Crippen LogP contribution in [0.3, 0.4) is 0 Å². The molecule has 0 aliphatic rings. The zero-order valence-electron chi connectivity index (χ0n) is 13.0. The molecule has 0 amide bonds. The molecule has 7 nitrogen and oxygen atoms in total. The SMILES string of the molecule is COc1nc2cc(C)c(C)c(CC(N)C(=O)O)c2nc1OC. The summed E-state index contributed by atoms with van der Waals surface area (Å²) in [7, 11) is 2.96. The highest BCUT2D eigenvalue weighted by Crippen LogP contribution is 2.30. The molecule has 0 fully saturated rings. The summed E-state index contributed by atoms with van der Waals surface area (Å²) < 4.78 is 10.3. The fourth-order valence-electron chi connectivity index (χ4n) is 2.29. The zero-order chi connectivity index (χ0) is 16.4. The smallest absolute Gasteiger partial charge is 0.320 e. The molecule has 118 valence electrons. The molecular weight excluding hydrogens is 286 g/mol. The molecule has 0 saturated carbocycles. The highest BCUT2D eigenvalue weighted by molar-refractivity contribution is 5.83. The number of hydrogen-bond acceptors (Lipinski definition) is 6. The van der Waals surface area contributed by atoms with Gasteiger partial charge in [-0.15, -0.1) is 0 Å². The van der Waals surface area contributed by atoms with E-state index in [0.29, 0.717) is 11.0 Å². The van der Waals surface area contributed by atoms with Crippen molar-refractivity contribution in [3.05, 3.63) is 22.8 Å². The lowest BCUT2D eigenvalue weighted by Crippen LogP contribution is -2.32. The van der Waals surface area contributed by atoms with E-state index in [1.807, 2.05) is 19.9 Å². The predicted molar refractivity (Wildman–Crippen MR) is 81.4 cm³/mol. The molecule has 1 atom stereocenters. The van der Waals surface area contributed by atoms with Crippen molar-refractivity contribution in [2.75, 3.05) is 14.2 Å². The maximum atomic E-state index is 11.1. The number of carbonyl (C=O) groups is 1. The molecule has 0 aliphatic heterocycles. The van der Waals surface area contributed by atoms with Crippen LogP contribution >= 0.6 is 0 Å². The molecule has 22 heavy (non-hydrogen) atoms. The first kappa shape index (κ1) is 16.0. The van der Waals surface area contributed by atoms with Crippen LogP contribution in [-0.2, 0) is 11.2 Å². The summed E-state index contributed by atoms with van der Waals surface area (Å²) in [5.74, 6) is -0.516. The van der Waals surface area contributed by atoms with E-state index in [1.54, 1.807) is 0 Å². The summed E-state index contributed by atoms with van der Waals surface area (Å²) in [5, 5.41) is 9.05. The molecule has 3 N–H and O–H groups in total. The number of ether oxygens (including phenoxy) is 2. The van der Waals surface area contributed by atoms with Crippen molar-refractivity contribution in [1.29, 1.82) is 0 Å². The summed E-state index contributed by atoms with van der Waals surface area (Å²) in [6, 6.07) is 0.883. The highest BCUT2D eigenvalue weighted by atomic mass is 16.5. The van der Waals surface area contributed by atoms with Crippen molar-refractivity contribution >= 4 is 17.0 Å². The number of methoxy groups -OCH3 is 2. The van der Waals surface area contributed by atoms with Gasteiger partial charge in [0.25, 0.3) is 11.8 Å². The Kier molecular flexibility index (Phi) is 4.46. The molecular formula is C15H19N3O4. The van der Waals surface area contributed by atoms with Gasteiger partial charge in [0.05, 0.1) is 25.3 Å². The van der Waals surface area contributed by atoms with Gasteiger partial charge in [0.2, 0.25) is 0 Å². The number of benzene rings is 1. The number of carboxylic acid groups (broad SMARTS) is 1. The Labute approximate surface area is 128 Å². The Morgan fingerprint density at radius 1 is 1.27 bits per heavy atom. The number of aromatic nitrogens is 2. The standard InChI is InChI=1S/C15H19N3O4/c1-7-5-11-12(18-14(22-4)13(17-11)21-3)9(8(7)2)6-10(16)15(19)20/h5,10H,6,16H2,1-4H3,(H,19,20). The number of aliphatic carboxylic acids is 1. The van der Waals surface area contributed by atoms with Crippen molar-refractivity contribution in [2.24, 2.45) is 5.73 Å². The first-order chi connectivity index (χ1) is 10.4. The predicted octanol–water partition coefficient (Wildman–Crippen LogP) is 1.22. The van der Waals surface area contributed by atoms with Gasteiger partial charge in [-0.3, -0.25) is 4.79 Å². The molecule has 0 saturated heterocycles. The van der Waals surface area contributed by atoms with E-state index < -0.39 is 12.0 Å². The van der Waals surface area contributed by atoms with Crippen LogP contribution in [0.2, 0.25) is 0 Å². The zero-order valence-corrected chi connectivity index (χ0v) is 13.0. The number of carboxylic acids is 1. The maximum Gasteiger partial charge on any atom is 0.320 e. The summed E-state index contributed by atoms with van der Waals surface area (Å²) in [5.41, 5.74) is 9.58. The summed E-state index contributed by atoms with van der Waals surface area (Å²) in [4.78, 5) is 19.9. The van der Waals surface area contributed by atoms with Gasteiger partial charge in [-0.25, -0.2) is 9.97 Å². The third kappa shape index (κ3) is 2.80. The van der Waals surface area contributed by atoms with Crippen molar-refractivity contribution < 1.29 is 19.4 Å². The van der Waals surface area contributed by atoms with Crippen LogP contribution < -0.4 is 15.2 Å². The topological polar surface area (TPSA) is 108 Å². The third-order valence-corrected chi connectivity index (χ3v) is 3.67. The number of fused-ring (bicyclic) bond motifs is 1. The Hall–Kier alpha value is -2.41. The second-order valence-electron chi connectivity index (χ2n) is 5.06. The fourth-order valence-corrected chi connectivity index (χ4v) is 2.29. The molecule has 0 spiro atoms. The average molecular weight is 305 g/mol. The molecule has 0 bridgehead atoms.